The molecular weight excluding hydrogens is 310 g/mol. The average molecular weight is 329 g/mol. The van der Waals surface area contributed by atoms with E-state index in [2.05, 4.69) is 4.98 Å². The van der Waals surface area contributed by atoms with Gasteiger partial charge >= 0.3 is 0 Å². The van der Waals surface area contributed by atoms with Crippen molar-refractivity contribution in [3.8, 4) is 0 Å². The molecule has 5 nitrogen and oxygen atoms in total. The van der Waals surface area contributed by atoms with E-state index in [1.54, 1.807) is 20.0 Å². The van der Waals surface area contributed by atoms with Gasteiger partial charge in [-0.1, -0.05) is 24.3 Å². The van der Waals surface area contributed by atoms with E-state index in [1.165, 1.54) is 4.31 Å². The van der Waals surface area contributed by atoms with Crippen LogP contribution in [0.3, 0.4) is 0 Å². The van der Waals surface area contributed by atoms with Crippen molar-refractivity contribution in [1.29, 1.82) is 0 Å². The van der Waals surface area contributed by atoms with Crippen molar-refractivity contribution in [2.75, 3.05) is 4.31 Å². The maximum Gasteiger partial charge on any atom is 0.237 e. The van der Waals surface area contributed by atoms with Gasteiger partial charge in [0, 0.05) is 6.20 Å². The average Bonchev–Trinajstić information content (AvgIpc) is 2.96. The zero-order valence-electron chi connectivity index (χ0n) is 13.1. The van der Waals surface area contributed by atoms with E-state index in [0.717, 1.165) is 11.3 Å². The topological polar surface area (TPSA) is 54.7 Å². The van der Waals surface area contributed by atoms with Gasteiger partial charge in [0.05, 0.1) is 29.4 Å². The monoisotopic (exact) mass is 329 g/mol. The number of nitrogens with zero attached hydrogens (tertiary/aromatic N) is 3. The molecule has 0 fully saturated rings. The van der Waals surface area contributed by atoms with Gasteiger partial charge in [0.2, 0.25) is 10.0 Å². The van der Waals surface area contributed by atoms with Crippen LogP contribution in [0.5, 0.6) is 0 Å². The third-order valence-corrected chi connectivity index (χ3v) is 5.89. The van der Waals surface area contributed by atoms with Crippen molar-refractivity contribution in [2.24, 2.45) is 0 Å². The first-order valence-electron chi connectivity index (χ1n) is 7.47. The number of pyridine rings is 1. The fourth-order valence-corrected chi connectivity index (χ4v) is 3.66. The molecule has 2 heterocycles. The summed E-state index contributed by atoms with van der Waals surface area (Å²) in [7, 11) is -3.44. The van der Waals surface area contributed by atoms with Gasteiger partial charge < -0.3 is 4.40 Å². The lowest BCUT2D eigenvalue weighted by Crippen LogP contribution is -2.36. The zero-order valence-corrected chi connectivity index (χ0v) is 13.9. The van der Waals surface area contributed by atoms with E-state index in [1.807, 2.05) is 59.1 Å². The molecule has 0 N–H and O–H groups in total. The molecule has 3 aromatic rings. The molecule has 6 heteroatoms. The molecule has 120 valence electrons. The highest BCUT2D eigenvalue weighted by atomic mass is 32.2. The summed E-state index contributed by atoms with van der Waals surface area (Å²) >= 11 is 0. The molecule has 0 bridgehead atoms. The van der Waals surface area contributed by atoms with Gasteiger partial charge in [-0.05, 0) is 38.1 Å². The second-order valence-corrected chi connectivity index (χ2v) is 8.03. The first-order valence-corrected chi connectivity index (χ1v) is 8.98. The van der Waals surface area contributed by atoms with Crippen molar-refractivity contribution in [3.63, 3.8) is 0 Å². The predicted octanol–water partition coefficient (Wildman–Crippen LogP) is 3.08. The largest absolute Gasteiger partial charge is 0.302 e. The lowest BCUT2D eigenvalue weighted by molar-refractivity contribution is 0.581. The number of benzene rings is 1. The fraction of sp³-hybridized carbons (Fsp3) is 0.235. The van der Waals surface area contributed by atoms with Gasteiger partial charge in [-0.25, -0.2) is 13.4 Å². The normalized spacial score (nSPS) is 12.0. The Hall–Kier alpha value is -2.34. The Morgan fingerprint density at radius 1 is 1.09 bits per heavy atom. The maximum atomic E-state index is 12.8. The number of hydrogen-bond donors (Lipinski definition) is 0. The maximum absolute atomic E-state index is 12.8. The molecule has 0 aliphatic heterocycles. The Morgan fingerprint density at radius 2 is 1.78 bits per heavy atom. The van der Waals surface area contributed by atoms with Gasteiger partial charge in [-0.15, -0.1) is 0 Å². The Kier molecular flexibility index (Phi) is 4.09. The second-order valence-electron chi connectivity index (χ2n) is 5.61. The van der Waals surface area contributed by atoms with E-state index >= 15 is 0 Å². The SMILES string of the molecule is CC(C)S(=O)(=O)N(Cc1cnc2ccccn12)c1ccccc1. The number of para-hydroxylation sites is 1. The van der Waals surface area contributed by atoms with Crippen molar-refractivity contribution in [2.45, 2.75) is 25.6 Å². The number of hydrogen-bond acceptors (Lipinski definition) is 3. The molecule has 0 atom stereocenters. The minimum absolute atomic E-state index is 0.246. The van der Waals surface area contributed by atoms with E-state index in [9.17, 15) is 8.42 Å². The van der Waals surface area contributed by atoms with Crippen LogP contribution in [0, 0.1) is 0 Å². The molecule has 0 radical (unpaired) electrons. The van der Waals surface area contributed by atoms with Gasteiger partial charge in [0.1, 0.15) is 5.65 Å². The molecule has 2 aromatic heterocycles. The summed E-state index contributed by atoms with van der Waals surface area (Å²) in [4.78, 5) is 4.33. The van der Waals surface area contributed by atoms with Crippen LogP contribution in [0.1, 0.15) is 19.5 Å². The van der Waals surface area contributed by atoms with Crippen LogP contribution in [-0.2, 0) is 16.6 Å². The van der Waals surface area contributed by atoms with Crippen LogP contribution >= 0.6 is 0 Å². The first kappa shape index (κ1) is 15.6. The molecule has 0 amide bonds. The summed E-state index contributed by atoms with van der Waals surface area (Å²) in [6.45, 7) is 3.63. The second kappa shape index (κ2) is 6.04. The summed E-state index contributed by atoms with van der Waals surface area (Å²) in [5.74, 6) is 0. The van der Waals surface area contributed by atoms with Crippen LogP contribution in [0.4, 0.5) is 5.69 Å². The summed E-state index contributed by atoms with van der Waals surface area (Å²) in [5, 5.41) is -0.498. The van der Waals surface area contributed by atoms with Crippen LogP contribution < -0.4 is 4.31 Å². The van der Waals surface area contributed by atoms with E-state index in [0.29, 0.717) is 5.69 Å². The fourth-order valence-electron chi connectivity index (χ4n) is 2.43. The summed E-state index contributed by atoms with van der Waals surface area (Å²) in [5.41, 5.74) is 2.29. The molecule has 23 heavy (non-hydrogen) atoms. The van der Waals surface area contributed by atoms with Crippen molar-refractivity contribution in [3.05, 3.63) is 66.6 Å². The number of imidazole rings is 1. The standard InChI is InChI=1S/C17H19N3O2S/c1-14(2)23(21,22)20(15-8-4-3-5-9-15)13-16-12-18-17-10-6-7-11-19(16)17/h3-12,14H,13H2,1-2H3. The van der Waals surface area contributed by atoms with E-state index in [4.69, 9.17) is 0 Å². The summed E-state index contributed by atoms with van der Waals surface area (Å²) in [6.07, 6.45) is 3.62. The van der Waals surface area contributed by atoms with Gasteiger partial charge in [0.15, 0.2) is 0 Å². The predicted molar refractivity (Wildman–Crippen MR) is 91.9 cm³/mol. The van der Waals surface area contributed by atoms with E-state index in [-0.39, 0.29) is 6.54 Å². The smallest absolute Gasteiger partial charge is 0.237 e. The van der Waals surface area contributed by atoms with Crippen LogP contribution in [0.25, 0.3) is 5.65 Å². The quantitative estimate of drug-likeness (QED) is 0.723. The Morgan fingerprint density at radius 3 is 2.48 bits per heavy atom. The van der Waals surface area contributed by atoms with E-state index < -0.39 is 15.3 Å². The number of rotatable bonds is 5. The minimum Gasteiger partial charge on any atom is -0.302 e. The van der Waals surface area contributed by atoms with Crippen LogP contribution in [-0.4, -0.2) is 23.1 Å². The lowest BCUT2D eigenvalue weighted by atomic mass is 10.3. The molecular formula is C17H19N3O2S. The van der Waals surface area contributed by atoms with Gasteiger partial charge in [-0.3, -0.25) is 4.31 Å². The molecule has 0 saturated heterocycles. The minimum atomic E-state index is -3.44. The van der Waals surface area contributed by atoms with Gasteiger partial charge in [-0.2, -0.15) is 0 Å². The third kappa shape index (κ3) is 2.94. The highest BCUT2D eigenvalue weighted by Crippen LogP contribution is 2.23. The Balaban J connectivity index is 2.06. The molecule has 1 aromatic carbocycles. The first-order chi connectivity index (χ1) is 11.0. The lowest BCUT2D eigenvalue weighted by Gasteiger charge is -2.26. The highest BCUT2D eigenvalue weighted by molar-refractivity contribution is 7.93. The number of aromatic nitrogens is 2. The summed E-state index contributed by atoms with van der Waals surface area (Å²) in [6, 6.07) is 14.9. The van der Waals surface area contributed by atoms with Gasteiger partial charge in [0.25, 0.3) is 0 Å². The highest BCUT2D eigenvalue weighted by Gasteiger charge is 2.27. The third-order valence-electron chi connectivity index (χ3n) is 3.75. The Labute approximate surface area is 136 Å². The molecule has 0 unspecified atom stereocenters. The molecule has 0 aliphatic carbocycles. The number of fused-ring (bicyclic) bond motifs is 1. The zero-order chi connectivity index (χ0) is 16.4. The van der Waals surface area contributed by atoms with Crippen molar-refractivity contribution in [1.82, 2.24) is 9.38 Å². The molecule has 3 rings (SSSR count). The van der Waals surface area contributed by atoms with Crippen LogP contribution in [0.2, 0.25) is 0 Å². The summed E-state index contributed by atoms with van der Waals surface area (Å²) < 4.78 is 28.9. The van der Waals surface area contributed by atoms with Crippen LogP contribution in [0.15, 0.2) is 60.9 Å². The number of sulfonamides is 1. The number of anilines is 1. The molecule has 0 saturated carbocycles. The van der Waals surface area contributed by atoms with Crippen molar-refractivity contribution >= 4 is 21.4 Å². The van der Waals surface area contributed by atoms with Crippen molar-refractivity contribution < 1.29 is 8.42 Å². The molecule has 0 aliphatic rings. The molecule has 0 spiro atoms. The Bertz CT molecular complexity index is 902.